The first-order valence-electron chi connectivity index (χ1n) is 7.56. The van der Waals surface area contributed by atoms with Crippen molar-refractivity contribution in [2.24, 2.45) is 11.8 Å². The van der Waals surface area contributed by atoms with Gasteiger partial charge in [0.15, 0.2) is 0 Å². The summed E-state index contributed by atoms with van der Waals surface area (Å²) in [4.78, 5) is 12.0. The molecule has 3 heteroatoms. The minimum Gasteiger partial charge on any atom is -0.465 e. The van der Waals surface area contributed by atoms with Gasteiger partial charge in [-0.25, -0.2) is 0 Å². The molecule has 0 aromatic rings. The molecule has 0 radical (unpaired) electrons. The van der Waals surface area contributed by atoms with Gasteiger partial charge in [0.05, 0.1) is 24.7 Å². The molecular formula is C15H26O3. The average Bonchev–Trinajstić information content (AvgIpc) is 3.16. The van der Waals surface area contributed by atoms with Gasteiger partial charge in [-0.15, -0.1) is 0 Å². The van der Waals surface area contributed by atoms with Crippen molar-refractivity contribution < 1.29 is 14.3 Å². The third kappa shape index (κ3) is 3.71. The van der Waals surface area contributed by atoms with Crippen LogP contribution in [-0.2, 0) is 14.3 Å². The van der Waals surface area contributed by atoms with Crippen molar-refractivity contribution in [3.8, 4) is 0 Å². The van der Waals surface area contributed by atoms with E-state index in [2.05, 4.69) is 13.8 Å². The van der Waals surface area contributed by atoms with Crippen molar-refractivity contribution in [2.45, 2.75) is 71.0 Å². The van der Waals surface area contributed by atoms with Crippen LogP contribution in [0.15, 0.2) is 0 Å². The Morgan fingerprint density at radius 2 is 2.17 bits per heavy atom. The van der Waals surface area contributed by atoms with Crippen LogP contribution in [0.5, 0.6) is 0 Å². The van der Waals surface area contributed by atoms with Gasteiger partial charge in [-0.05, 0) is 31.6 Å². The monoisotopic (exact) mass is 254 g/mol. The van der Waals surface area contributed by atoms with Crippen LogP contribution < -0.4 is 0 Å². The number of carbonyl (C=O) groups is 1. The Labute approximate surface area is 110 Å². The van der Waals surface area contributed by atoms with Crippen LogP contribution in [-0.4, -0.2) is 24.8 Å². The maximum atomic E-state index is 12.0. The second kappa shape index (κ2) is 6.55. The molecule has 0 N–H and O–H groups in total. The quantitative estimate of drug-likeness (QED) is 0.517. The van der Waals surface area contributed by atoms with Crippen molar-refractivity contribution in [3.63, 3.8) is 0 Å². The molecule has 18 heavy (non-hydrogen) atoms. The zero-order valence-electron chi connectivity index (χ0n) is 11.7. The van der Waals surface area contributed by atoms with Crippen LogP contribution >= 0.6 is 0 Å². The van der Waals surface area contributed by atoms with Gasteiger partial charge in [0.2, 0.25) is 0 Å². The Balaban J connectivity index is 1.66. The molecule has 2 fully saturated rings. The normalized spacial score (nSPS) is 31.6. The topological polar surface area (TPSA) is 38.8 Å². The molecule has 1 saturated carbocycles. The first-order valence-corrected chi connectivity index (χ1v) is 7.56. The lowest BCUT2D eigenvalue weighted by Gasteiger charge is -2.20. The number of hydrogen-bond acceptors (Lipinski definition) is 3. The second-order valence-electron chi connectivity index (χ2n) is 5.77. The van der Waals surface area contributed by atoms with E-state index in [4.69, 9.17) is 9.47 Å². The highest BCUT2D eigenvalue weighted by atomic mass is 16.6. The molecule has 0 spiro atoms. The smallest absolute Gasteiger partial charge is 0.309 e. The molecule has 0 unspecified atom stereocenters. The highest BCUT2D eigenvalue weighted by molar-refractivity contribution is 5.72. The fourth-order valence-electron chi connectivity index (χ4n) is 2.83. The van der Waals surface area contributed by atoms with E-state index in [9.17, 15) is 4.79 Å². The molecule has 0 aromatic heterocycles. The summed E-state index contributed by atoms with van der Waals surface area (Å²) in [6.45, 7) is 4.99. The number of hydrogen-bond donors (Lipinski definition) is 0. The summed E-state index contributed by atoms with van der Waals surface area (Å²) in [6, 6.07) is 0. The highest BCUT2D eigenvalue weighted by Gasteiger charge is 2.46. The van der Waals surface area contributed by atoms with Gasteiger partial charge in [0, 0.05) is 0 Å². The van der Waals surface area contributed by atoms with Gasteiger partial charge >= 0.3 is 5.97 Å². The van der Waals surface area contributed by atoms with Crippen molar-refractivity contribution in [1.82, 2.24) is 0 Å². The lowest BCUT2D eigenvalue weighted by molar-refractivity contribution is -0.151. The van der Waals surface area contributed by atoms with Gasteiger partial charge in [-0.3, -0.25) is 4.79 Å². The van der Waals surface area contributed by atoms with Crippen LogP contribution in [0.25, 0.3) is 0 Å². The minimum atomic E-state index is 0.0129. The van der Waals surface area contributed by atoms with Gasteiger partial charge in [-0.2, -0.15) is 0 Å². The molecular weight excluding hydrogens is 228 g/mol. The Kier molecular flexibility index (Phi) is 5.04. The highest BCUT2D eigenvalue weighted by Crippen LogP contribution is 2.39. The standard InChI is InChI=1S/C15H26O3/c1-3-5-6-11(4-2)10-17-15(16)12-7-8-13-14(9-12)18-13/h11-14H,3-10H2,1-2H3/t11-,12-,13+,14-/m0/s1. The lowest BCUT2D eigenvalue weighted by Crippen LogP contribution is -2.25. The molecule has 1 saturated heterocycles. The molecule has 0 aromatic carbocycles. The third-order valence-electron chi connectivity index (χ3n) is 4.34. The Hall–Kier alpha value is -0.570. The SMILES string of the molecule is CCCC[C@H](CC)COC(=O)[C@H]1CC[C@H]2O[C@H]2C1. The summed E-state index contributed by atoms with van der Waals surface area (Å²) >= 11 is 0. The number of epoxide rings is 1. The molecule has 0 amide bonds. The summed E-state index contributed by atoms with van der Waals surface area (Å²) in [5, 5.41) is 0. The second-order valence-corrected chi connectivity index (χ2v) is 5.77. The molecule has 3 nitrogen and oxygen atoms in total. The fraction of sp³-hybridized carbons (Fsp3) is 0.933. The molecule has 1 aliphatic heterocycles. The van der Waals surface area contributed by atoms with E-state index < -0.39 is 0 Å². The average molecular weight is 254 g/mol. The number of unbranched alkanes of at least 4 members (excludes halogenated alkanes) is 1. The first kappa shape index (κ1) is 13.9. The summed E-state index contributed by atoms with van der Waals surface area (Å²) in [7, 11) is 0. The number of fused-ring (bicyclic) bond motifs is 1. The summed E-state index contributed by atoms with van der Waals surface area (Å²) < 4.78 is 11.0. The van der Waals surface area contributed by atoms with E-state index >= 15 is 0 Å². The molecule has 104 valence electrons. The number of esters is 1. The van der Waals surface area contributed by atoms with Gasteiger partial charge in [0.25, 0.3) is 0 Å². The van der Waals surface area contributed by atoms with Crippen LogP contribution in [0, 0.1) is 11.8 Å². The predicted octanol–water partition coefficient (Wildman–Crippen LogP) is 3.31. The van der Waals surface area contributed by atoms with Crippen LogP contribution in [0.1, 0.15) is 58.8 Å². The van der Waals surface area contributed by atoms with E-state index in [0.29, 0.717) is 24.7 Å². The van der Waals surface area contributed by atoms with Crippen LogP contribution in [0.3, 0.4) is 0 Å². The zero-order chi connectivity index (χ0) is 13.0. The van der Waals surface area contributed by atoms with E-state index in [1.165, 1.54) is 19.3 Å². The van der Waals surface area contributed by atoms with E-state index in [1.807, 2.05) is 0 Å². The van der Waals surface area contributed by atoms with Crippen LogP contribution in [0.4, 0.5) is 0 Å². The summed E-state index contributed by atoms with van der Waals surface area (Å²) in [6.07, 6.45) is 8.42. The van der Waals surface area contributed by atoms with Crippen molar-refractivity contribution in [3.05, 3.63) is 0 Å². The largest absolute Gasteiger partial charge is 0.465 e. The Bertz CT molecular complexity index is 277. The number of ether oxygens (including phenoxy) is 2. The number of carbonyl (C=O) groups excluding carboxylic acids is 1. The Morgan fingerprint density at radius 1 is 1.33 bits per heavy atom. The minimum absolute atomic E-state index is 0.0129. The fourth-order valence-corrected chi connectivity index (χ4v) is 2.83. The van der Waals surface area contributed by atoms with Crippen LogP contribution in [0.2, 0.25) is 0 Å². The molecule has 2 rings (SSSR count). The molecule has 1 aliphatic carbocycles. The third-order valence-corrected chi connectivity index (χ3v) is 4.34. The summed E-state index contributed by atoms with van der Waals surface area (Å²) in [5.41, 5.74) is 0. The first-order chi connectivity index (χ1) is 8.74. The summed E-state index contributed by atoms with van der Waals surface area (Å²) in [5.74, 6) is 0.652. The molecule has 1 heterocycles. The van der Waals surface area contributed by atoms with Crippen molar-refractivity contribution in [2.75, 3.05) is 6.61 Å². The van der Waals surface area contributed by atoms with Gasteiger partial charge < -0.3 is 9.47 Å². The Morgan fingerprint density at radius 3 is 2.83 bits per heavy atom. The number of rotatable bonds is 7. The zero-order valence-corrected chi connectivity index (χ0v) is 11.7. The molecule has 0 bridgehead atoms. The van der Waals surface area contributed by atoms with Crippen molar-refractivity contribution in [1.29, 1.82) is 0 Å². The molecule has 4 atom stereocenters. The van der Waals surface area contributed by atoms with E-state index in [-0.39, 0.29) is 11.9 Å². The van der Waals surface area contributed by atoms with Crippen molar-refractivity contribution >= 4 is 5.97 Å². The lowest BCUT2D eigenvalue weighted by atomic mass is 9.89. The predicted molar refractivity (Wildman–Crippen MR) is 70.3 cm³/mol. The van der Waals surface area contributed by atoms with Gasteiger partial charge in [-0.1, -0.05) is 33.1 Å². The van der Waals surface area contributed by atoms with E-state index in [1.54, 1.807) is 0 Å². The van der Waals surface area contributed by atoms with Gasteiger partial charge in [0.1, 0.15) is 0 Å². The molecule has 2 aliphatic rings. The maximum absolute atomic E-state index is 12.0. The maximum Gasteiger partial charge on any atom is 0.309 e. The van der Waals surface area contributed by atoms with E-state index in [0.717, 1.165) is 25.7 Å².